The van der Waals surface area contributed by atoms with Gasteiger partial charge in [-0.3, -0.25) is 10.1 Å². The lowest BCUT2D eigenvalue weighted by atomic mass is 10.2. The van der Waals surface area contributed by atoms with Crippen LogP contribution in [0.1, 0.15) is 25.6 Å². The van der Waals surface area contributed by atoms with Crippen LogP contribution in [-0.2, 0) is 7.05 Å². The van der Waals surface area contributed by atoms with Crippen molar-refractivity contribution in [2.24, 2.45) is 7.05 Å². The van der Waals surface area contributed by atoms with Crippen LogP contribution in [0.5, 0.6) is 0 Å². The number of nitrogens with zero attached hydrogens (tertiary/aromatic N) is 2. The third-order valence-electron chi connectivity index (χ3n) is 1.79. The number of aromatic amines is 1. The van der Waals surface area contributed by atoms with Crippen LogP contribution < -0.4 is 4.57 Å². The maximum Gasteiger partial charge on any atom is 0.519 e. The van der Waals surface area contributed by atoms with Gasteiger partial charge in [0.25, 0.3) is 5.82 Å². The fraction of sp³-hybridized carbons (Fsp3) is 0.571. The van der Waals surface area contributed by atoms with E-state index in [2.05, 4.69) is 4.98 Å². The zero-order valence-corrected chi connectivity index (χ0v) is 7.37. The minimum Gasteiger partial charge on any atom is -0.300 e. The van der Waals surface area contributed by atoms with E-state index in [4.69, 9.17) is 0 Å². The van der Waals surface area contributed by atoms with E-state index in [-0.39, 0.29) is 11.7 Å². The Morgan fingerprint density at radius 3 is 2.50 bits per heavy atom. The Balaban J connectivity index is 3.13. The van der Waals surface area contributed by atoms with Gasteiger partial charge in [0.2, 0.25) is 0 Å². The lowest BCUT2D eigenvalue weighted by molar-refractivity contribution is -0.720. The fourth-order valence-corrected chi connectivity index (χ4v) is 1.18. The van der Waals surface area contributed by atoms with Crippen molar-refractivity contribution in [1.29, 1.82) is 0 Å². The summed E-state index contributed by atoms with van der Waals surface area (Å²) in [5.41, 5.74) is 0. The molecule has 0 saturated carbocycles. The van der Waals surface area contributed by atoms with Gasteiger partial charge in [0.15, 0.2) is 6.20 Å². The van der Waals surface area contributed by atoms with Gasteiger partial charge in [-0.05, 0) is 0 Å². The summed E-state index contributed by atoms with van der Waals surface area (Å²) in [5, 5.41) is 10.4. The van der Waals surface area contributed by atoms with Crippen molar-refractivity contribution in [3.05, 3.63) is 22.1 Å². The van der Waals surface area contributed by atoms with Gasteiger partial charge < -0.3 is 4.98 Å². The van der Waals surface area contributed by atoms with Crippen molar-refractivity contribution in [2.45, 2.75) is 19.8 Å². The van der Waals surface area contributed by atoms with Crippen LogP contribution in [0.15, 0.2) is 6.20 Å². The van der Waals surface area contributed by atoms with E-state index in [9.17, 15) is 10.1 Å². The van der Waals surface area contributed by atoms with Gasteiger partial charge in [-0.25, -0.2) is 0 Å². The van der Waals surface area contributed by atoms with Gasteiger partial charge in [0, 0.05) is 0 Å². The Hall–Kier alpha value is -1.39. The summed E-state index contributed by atoms with van der Waals surface area (Å²) < 4.78 is 1.56. The molecule has 0 amide bonds. The predicted octanol–water partition coefficient (Wildman–Crippen LogP) is 0.871. The molecule has 0 aliphatic carbocycles. The topological polar surface area (TPSA) is 62.8 Å². The largest absolute Gasteiger partial charge is 0.519 e. The van der Waals surface area contributed by atoms with Gasteiger partial charge >= 0.3 is 5.82 Å². The molecular weight excluding hydrogens is 158 g/mol. The molecular formula is C7H12N3O2+. The predicted molar refractivity (Wildman–Crippen MR) is 42.7 cm³/mol. The minimum absolute atomic E-state index is 0.0960. The first-order valence-corrected chi connectivity index (χ1v) is 3.75. The first-order valence-electron chi connectivity index (χ1n) is 3.75. The normalized spacial score (nSPS) is 10.7. The highest BCUT2D eigenvalue weighted by Gasteiger charge is 2.26. The molecule has 5 heteroatoms. The SMILES string of the molecule is CC(C)c1[nH]cc([N+](=O)[O-])[n+]1C. The van der Waals surface area contributed by atoms with Crippen molar-refractivity contribution in [3.63, 3.8) is 0 Å². The van der Waals surface area contributed by atoms with Crippen LogP contribution in [-0.4, -0.2) is 9.91 Å². The Morgan fingerprint density at radius 1 is 1.67 bits per heavy atom. The molecule has 0 atom stereocenters. The molecule has 0 radical (unpaired) electrons. The smallest absolute Gasteiger partial charge is 0.300 e. The Kier molecular flexibility index (Phi) is 2.12. The van der Waals surface area contributed by atoms with E-state index in [1.54, 1.807) is 11.6 Å². The number of hydrogen-bond donors (Lipinski definition) is 1. The van der Waals surface area contributed by atoms with E-state index in [0.717, 1.165) is 5.82 Å². The van der Waals surface area contributed by atoms with Gasteiger partial charge in [-0.2, -0.15) is 0 Å². The molecule has 0 aliphatic heterocycles. The number of H-pyrrole nitrogens is 1. The number of aromatic nitrogens is 2. The zero-order valence-electron chi connectivity index (χ0n) is 7.37. The number of rotatable bonds is 2. The van der Waals surface area contributed by atoms with E-state index >= 15 is 0 Å². The first kappa shape index (κ1) is 8.70. The molecule has 0 saturated heterocycles. The van der Waals surface area contributed by atoms with Crippen LogP contribution in [0.2, 0.25) is 0 Å². The molecule has 0 spiro atoms. The van der Waals surface area contributed by atoms with Crippen LogP contribution >= 0.6 is 0 Å². The summed E-state index contributed by atoms with van der Waals surface area (Å²) in [6.45, 7) is 3.96. The van der Waals surface area contributed by atoms with Crippen molar-refractivity contribution in [3.8, 4) is 0 Å². The Labute approximate surface area is 70.2 Å². The highest BCUT2D eigenvalue weighted by molar-refractivity contribution is 5.06. The number of imidazole rings is 1. The molecule has 1 heterocycles. The second-order valence-electron chi connectivity index (χ2n) is 3.00. The fourth-order valence-electron chi connectivity index (χ4n) is 1.18. The van der Waals surface area contributed by atoms with Gasteiger partial charge in [-0.15, -0.1) is 4.57 Å². The van der Waals surface area contributed by atoms with E-state index in [1.807, 2.05) is 13.8 Å². The molecule has 1 rings (SSSR count). The molecule has 12 heavy (non-hydrogen) atoms. The Morgan fingerprint density at radius 2 is 2.25 bits per heavy atom. The van der Waals surface area contributed by atoms with Gasteiger partial charge in [0.05, 0.1) is 5.92 Å². The summed E-state index contributed by atoms with van der Waals surface area (Å²) in [6.07, 6.45) is 1.41. The van der Waals surface area contributed by atoms with E-state index < -0.39 is 4.92 Å². The molecule has 1 aromatic rings. The van der Waals surface area contributed by atoms with Crippen LogP contribution in [0.3, 0.4) is 0 Å². The quantitative estimate of drug-likeness (QED) is 0.406. The number of nitro groups is 1. The van der Waals surface area contributed by atoms with Crippen LogP contribution in [0, 0.1) is 10.1 Å². The third-order valence-corrected chi connectivity index (χ3v) is 1.79. The lowest BCUT2D eigenvalue weighted by Gasteiger charge is -1.94. The number of nitrogens with one attached hydrogen (secondary N) is 1. The van der Waals surface area contributed by atoms with Crippen molar-refractivity contribution < 1.29 is 9.49 Å². The average Bonchev–Trinajstić information content (AvgIpc) is 2.30. The lowest BCUT2D eigenvalue weighted by Crippen LogP contribution is -2.34. The second kappa shape index (κ2) is 2.92. The van der Waals surface area contributed by atoms with Crippen LogP contribution in [0.25, 0.3) is 0 Å². The standard InChI is InChI=1S/C7H11N3O2/c1-5(2)7-8-4-6(9(7)3)10(11)12/h4-5H,1-3H3/p+1. The van der Waals surface area contributed by atoms with Gasteiger partial charge in [-0.1, -0.05) is 13.8 Å². The number of hydrogen-bond acceptors (Lipinski definition) is 2. The molecule has 1 N–H and O–H groups in total. The molecule has 1 aromatic heterocycles. The van der Waals surface area contributed by atoms with E-state index in [0.29, 0.717) is 0 Å². The maximum absolute atomic E-state index is 10.4. The highest BCUT2D eigenvalue weighted by atomic mass is 16.6. The molecule has 5 nitrogen and oxygen atoms in total. The Bertz CT molecular complexity index is 304. The maximum atomic E-state index is 10.4. The molecule has 0 bridgehead atoms. The second-order valence-corrected chi connectivity index (χ2v) is 3.00. The summed E-state index contributed by atoms with van der Waals surface area (Å²) in [6, 6.07) is 0. The highest BCUT2D eigenvalue weighted by Crippen LogP contribution is 2.10. The van der Waals surface area contributed by atoms with E-state index in [1.165, 1.54) is 6.20 Å². The zero-order chi connectivity index (χ0) is 9.30. The van der Waals surface area contributed by atoms with Crippen LogP contribution in [0.4, 0.5) is 5.82 Å². The molecule has 66 valence electrons. The summed E-state index contributed by atoms with van der Waals surface area (Å²) in [4.78, 5) is 12.9. The summed E-state index contributed by atoms with van der Waals surface area (Å²) >= 11 is 0. The average molecular weight is 170 g/mol. The summed E-state index contributed by atoms with van der Waals surface area (Å²) in [5.74, 6) is 1.23. The molecule has 0 unspecified atom stereocenters. The minimum atomic E-state index is -0.400. The summed E-state index contributed by atoms with van der Waals surface area (Å²) in [7, 11) is 1.68. The molecule has 0 aliphatic rings. The van der Waals surface area contributed by atoms with Gasteiger partial charge in [0.1, 0.15) is 12.0 Å². The van der Waals surface area contributed by atoms with Crippen molar-refractivity contribution >= 4 is 5.82 Å². The third kappa shape index (κ3) is 1.30. The monoisotopic (exact) mass is 170 g/mol. The first-order chi connectivity index (χ1) is 5.54. The molecule has 0 aromatic carbocycles. The van der Waals surface area contributed by atoms with Crippen molar-refractivity contribution in [1.82, 2.24) is 4.98 Å². The molecule has 0 fully saturated rings. The van der Waals surface area contributed by atoms with Crippen molar-refractivity contribution in [2.75, 3.05) is 0 Å².